The summed E-state index contributed by atoms with van der Waals surface area (Å²) in [6.45, 7) is 8.44. The summed E-state index contributed by atoms with van der Waals surface area (Å²) >= 11 is 2.77. The lowest BCUT2D eigenvalue weighted by Crippen LogP contribution is -2.29. The van der Waals surface area contributed by atoms with Crippen molar-refractivity contribution in [2.24, 2.45) is 0 Å². The first kappa shape index (κ1) is 28.6. The number of rotatable bonds is 9. The van der Waals surface area contributed by atoms with Crippen LogP contribution in [0.25, 0.3) is 5.76 Å². The van der Waals surface area contributed by atoms with Gasteiger partial charge in [-0.15, -0.1) is 10.2 Å². The first-order valence-corrected chi connectivity index (χ1v) is 15.2. The number of hydrogen-bond donors (Lipinski definition) is 1. The Balaban J connectivity index is 1.54. The van der Waals surface area contributed by atoms with Crippen molar-refractivity contribution >= 4 is 45.7 Å². The number of amides is 1. The summed E-state index contributed by atoms with van der Waals surface area (Å²) in [4.78, 5) is 28.5. The molecule has 4 aromatic rings. The third-order valence-electron chi connectivity index (χ3n) is 6.85. The number of aryl methyl sites for hydroxylation is 3. The van der Waals surface area contributed by atoms with Gasteiger partial charge in [0.25, 0.3) is 5.78 Å². The van der Waals surface area contributed by atoms with Crippen LogP contribution in [0.1, 0.15) is 52.8 Å². The van der Waals surface area contributed by atoms with Crippen LogP contribution in [0.15, 0.2) is 76.6 Å². The van der Waals surface area contributed by atoms with Crippen molar-refractivity contribution in [2.75, 3.05) is 11.5 Å². The van der Waals surface area contributed by atoms with E-state index in [2.05, 4.69) is 34.5 Å². The van der Waals surface area contributed by atoms with Crippen LogP contribution in [0.5, 0.6) is 5.75 Å². The molecule has 0 bridgehead atoms. The highest BCUT2D eigenvalue weighted by molar-refractivity contribution is 8.00. The molecule has 5 rings (SSSR count). The summed E-state index contributed by atoms with van der Waals surface area (Å²) < 4.78 is 6.42. The second-order valence-corrected chi connectivity index (χ2v) is 12.2. The van der Waals surface area contributed by atoms with Crippen LogP contribution in [0.4, 0.5) is 5.13 Å². The Bertz CT molecular complexity index is 1610. The highest BCUT2D eigenvalue weighted by atomic mass is 32.2. The molecule has 1 aliphatic heterocycles. The van der Waals surface area contributed by atoms with Gasteiger partial charge in [-0.3, -0.25) is 14.5 Å². The molecule has 1 aromatic heterocycles. The first-order chi connectivity index (χ1) is 19.8. The van der Waals surface area contributed by atoms with Crippen LogP contribution in [0.2, 0.25) is 0 Å². The number of aliphatic hydroxyl groups is 1. The zero-order chi connectivity index (χ0) is 29.1. The van der Waals surface area contributed by atoms with E-state index in [1.807, 2.05) is 70.2 Å². The number of aromatic nitrogens is 2. The number of ketones is 1. The van der Waals surface area contributed by atoms with Gasteiger partial charge in [0.1, 0.15) is 11.5 Å². The minimum Gasteiger partial charge on any atom is -0.507 e. The number of Topliss-reactive ketones (excluding diaryl/α,β-unsaturated/α-hetero) is 1. The summed E-state index contributed by atoms with van der Waals surface area (Å²) in [5.41, 5.74) is 5.27. The quantitative estimate of drug-likeness (QED) is 0.0732. The fourth-order valence-electron chi connectivity index (χ4n) is 4.64. The molecule has 1 fully saturated rings. The number of nitrogens with zero attached hydrogens (tertiary/aromatic N) is 3. The molecule has 9 heteroatoms. The number of benzene rings is 3. The van der Waals surface area contributed by atoms with Gasteiger partial charge in [-0.1, -0.05) is 89.7 Å². The molecule has 0 radical (unpaired) electrons. The number of anilines is 1. The minimum atomic E-state index is -0.877. The Morgan fingerprint density at radius 2 is 1.68 bits per heavy atom. The van der Waals surface area contributed by atoms with Gasteiger partial charge in [-0.25, -0.2) is 0 Å². The normalized spacial score (nSPS) is 16.4. The SMILES string of the molecule is CCCOc1ccc(C2C(=C(O)c3cc(C)ccc3C)C(=O)C(=O)N2c2nnc(SCc3ccc(C)cc3)s2)cc1. The molecule has 41 heavy (non-hydrogen) atoms. The first-order valence-electron chi connectivity index (χ1n) is 13.4. The van der Waals surface area contributed by atoms with Crippen LogP contribution >= 0.6 is 23.1 Å². The van der Waals surface area contributed by atoms with Crippen molar-refractivity contribution < 1.29 is 19.4 Å². The van der Waals surface area contributed by atoms with Gasteiger partial charge in [0.2, 0.25) is 5.13 Å². The van der Waals surface area contributed by atoms with Crippen molar-refractivity contribution in [3.63, 3.8) is 0 Å². The van der Waals surface area contributed by atoms with Gasteiger partial charge in [0.15, 0.2) is 4.34 Å². The molecule has 1 N–H and O–H groups in total. The van der Waals surface area contributed by atoms with Crippen LogP contribution in [0.3, 0.4) is 0 Å². The molecule has 3 aromatic carbocycles. The van der Waals surface area contributed by atoms with Gasteiger partial charge in [-0.2, -0.15) is 0 Å². The molecule has 7 nitrogen and oxygen atoms in total. The number of carbonyl (C=O) groups excluding carboxylic acids is 2. The second-order valence-electron chi connectivity index (χ2n) is 10.0. The molecule has 1 amide bonds. The van der Waals surface area contributed by atoms with E-state index in [1.165, 1.54) is 33.6 Å². The molecule has 0 aliphatic carbocycles. The maximum absolute atomic E-state index is 13.6. The maximum atomic E-state index is 13.6. The number of thioether (sulfide) groups is 1. The molecule has 1 aliphatic rings. The maximum Gasteiger partial charge on any atom is 0.301 e. The molecule has 1 atom stereocenters. The van der Waals surface area contributed by atoms with E-state index in [0.717, 1.165) is 23.1 Å². The smallest absolute Gasteiger partial charge is 0.301 e. The Morgan fingerprint density at radius 1 is 0.976 bits per heavy atom. The lowest BCUT2D eigenvalue weighted by Gasteiger charge is -2.23. The number of hydrogen-bond acceptors (Lipinski definition) is 8. The highest BCUT2D eigenvalue weighted by Crippen LogP contribution is 2.44. The van der Waals surface area contributed by atoms with Crippen LogP contribution in [-0.2, 0) is 15.3 Å². The predicted molar refractivity (Wildman–Crippen MR) is 164 cm³/mol. The molecule has 210 valence electrons. The summed E-state index contributed by atoms with van der Waals surface area (Å²) in [5.74, 6) is -0.332. The third-order valence-corrected chi connectivity index (χ3v) is 8.97. The second kappa shape index (κ2) is 12.3. The van der Waals surface area contributed by atoms with Crippen molar-refractivity contribution in [3.8, 4) is 5.75 Å². The van der Waals surface area contributed by atoms with Crippen LogP contribution in [-0.4, -0.2) is 33.6 Å². The molecule has 1 saturated heterocycles. The Kier molecular flexibility index (Phi) is 8.56. The number of ether oxygens (including phenoxy) is 1. The fraction of sp³-hybridized carbons (Fsp3) is 0.250. The Labute approximate surface area is 247 Å². The zero-order valence-electron chi connectivity index (χ0n) is 23.4. The topological polar surface area (TPSA) is 92.6 Å². The van der Waals surface area contributed by atoms with E-state index in [4.69, 9.17) is 4.74 Å². The van der Waals surface area contributed by atoms with Crippen molar-refractivity contribution in [1.82, 2.24) is 10.2 Å². The highest BCUT2D eigenvalue weighted by Gasteiger charge is 2.48. The van der Waals surface area contributed by atoms with E-state index >= 15 is 0 Å². The van der Waals surface area contributed by atoms with Crippen molar-refractivity contribution in [2.45, 2.75) is 50.3 Å². The van der Waals surface area contributed by atoms with Gasteiger partial charge < -0.3 is 9.84 Å². The summed E-state index contributed by atoms with van der Waals surface area (Å²) in [5, 5.41) is 20.5. The average Bonchev–Trinajstić information content (AvgIpc) is 3.54. The van der Waals surface area contributed by atoms with Gasteiger partial charge in [-0.05, 0) is 62.1 Å². The van der Waals surface area contributed by atoms with Crippen LogP contribution in [0, 0.1) is 20.8 Å². The summed E-state index contributed by atoms with van der Waals surface area (Å²) in [7, 11) is 0. The average molecular weight is 586 g/mol. The van der Waals surface area contributed by atoms with E-state index in [0.29, 0.717) is 38.7 Å². The third kappa shape index (κ3) is 6.06. The Hall–Kier alpha value is -3.95. The minimum absolute atomic E-state index is 0.0231. The molecule has 0 saturated carbocycles. The summed E-state index contributed by atoms with van der Waals surface area (Å²) in [6.07, 6.45) is 0.874. The van der Waals surface area contributed by atoms with Gasteiger partial charge in [0.05, 0.1) is 18.2 Å². The van der Waals surface area contributed by atoms with Crippen molar-refractivity contribution in [1.29, 1.82) is 0 Å². The van der Waals surface area contributed by atoms with E-state index in [-0.39, 0.29) is 11.3 Å². The van der Waals surface area contributed by atoms with Crippen molar-refractivity contribution in [3.05, 3.63) is 106 Å². The summed E-state index contributed by atoms with van der Waals surface area (Å²) in [6, 6.07) is 20.3. The van der Waals surface area contributed by atoms with E-state index in [9.17, 15) is 14.7 Å². The monoisotopic (exact) mass is 585 g/mol. The largest absolute Gasteiger partial charge is 0.507 e. The van der Waals surface area contributed by atoms with E-state index < -0.39 is 17.7 Å². The molecule has 1 unspecified atom stereocenters. The Morgan fingerprint density at radius 3 is 2.39 bits per heavy atom. The van der Waals surface area contributed by atoms with Gasteiger partial charge in [0, 0.05) is 11.3 Å². The molecule has 2 heterocycles. The fourth-order valence-corrected chi connectivity index (χ4v) is 6.46. The molecule has 0 spiro atoms. The number of carbonyl (C=O) groups is 2. The lowest BCUT2D eigenvalue weighted by atomic mass is 9.93. The van der Waals surface area contributed by atoms with E-state index in [1.54, 1.807) is 0 Å². The lowest BCUT2D eigenvalue weighted by molar-refractivity contribution is -0.132. The standard InChI is InChI=1S/C32H31N3O4S2/c1-5-16-39-24-14-12-23(13-15-24)27-26(28(36)25-17-20(3)6-9-21(25)4)29(37)30(38)35(27)31-33-34-32(41-31)40-18-22-10-7-19(2)8-11-22/h6-15,17,27,36H,5,16,18H2,1-4H3. The predicted octanol–water partition coefficient (Wildman–Crippen LogP) is 7.17. The zero-order valence-corrected chi connectivity index (χ0v) is 25.0. The molecular formula is C32H31N3O4S2. The van der Waals surface area contributed by atoms with Gasteiger partial charge >= 0.3 is 5.91 Å². The number of aliphatic hydroxyl groups excluding tert-OH is 1. The molecular weight excluding hydrogens is 555 g/mol. The van der Waals surface area contributed by atoms with Crippen LogP contribution < -0.4 is 9.64 Å².